The molecule has 1 aromatic rings. The molecule has 1 atom stereocenters. The van der Waals surface area contributed by atoms with Crippen molar-refractivity contribution in [3.05, 3.63) is 35.1 Å². The fourth-order valence-corrected chi connectivity index (χ4v) is 3.60. The lowest BCUT2D eigenvalue weighted by Crippen LogP contribution is -2.46. The molecule has 4 heteroatoms. The van der Waals surface area contributed by atoms with Crippen molar-refractivity contribution >= 4 is 0 Å². The second kappa shape index (κ2) is 6.42. The quantitative estimate of drug-likeness (QED) is 0.926. The summed E-state index contributed by atoms with van der Waals surface area (Å²) in [5.74, 6) is -0.109. The summed E-state index contributed by atoms with van der Waals surface area (Å²) in [7, 11) is 0. The first-order valence-corrected chi connectivity index (χ1v) is 8.09. The van der Waals surface area contributed by atoms with E-state index in [1.807, 2.05) is 19.1 Å². The van der Waals surface area contributed by atoms with Crippen LogP contribution in [0.3, 0.4) is 0 Å². The van der Waals surface area contributed by atoms with Crippen molar-refractivity contribution in [1.29, 1.82) is 0 Å². The van der Waals surface area contributed by atoms with Crippen molar-refractivity contribution in [1.82, 2.24) is 9.80 Å². The maximum atomic E-state index is 13.3. The molecule has 2 heterocycles. The molecule has 116 valence electrons. The van der Waals surface area contributed by atoms with Gasteiger partial charge in [0.1, 0.15) is 5.82 Å². The molecule has 3 rings (SSSR count). The lowest BCUT2D eigenvalue weighted by Gasteiger charge is -2.34. The molecule has 2 fully saturated rings. The Balaban J connectivity index is 1.53. The minimum absolute atomic E-state index is 0.109. The van der Waals surface area contributed by atoms with Gasteiger partial charge in [0.25, 0.3) is 0 Å². The lowest BCUT2D eigenvalue weighted by molar-refractivity contribution is 0.151. The Morgan fingerprint density at radius 3 is 2.67 bits per heavy atom. The number of nitrogens with two attached hydrogens (primary N) is 1. The van der Waals surface area contributed by atoms with E-state index in [-0.39, 0.29) is 5.82 Å². The molecule has 2 saturated heterocycles. The van der Waals surface area contributed by atoms with Gasteiger partial charge in [-0.2, -0.15) is 0 Å². The van der Waals surface area contributed by atoms with Crippen LogP contribution in [0.2, 0.25) is 0 Å². The summed E-state index contributed by atoms with van der Waals surface area (Å²) in [4.78, 5) is 5.10. The number of hydrogen-bond acceptors (Lipinski definition) is 3. The van der Waals surface area contributed by atoms with Crippen LogP contribution in [0, 0.1) is 12.7 Å². The molecule has 2 aliphatic heterocycles. The zero-order valence-corrected chi connectivity index (χ0v) is 12.9. The smallest absolute Gasteiger partial charge is 0.126 e. The van der Waals surface area contributed by atoms with E-state index in [0.29, 0.717) is 12.1 Å². The van der Waals surface area contributed by atoms with Crippen molar-refractivity contribution < 1.29 is 4.39 Å². The number of hydrogen-bond donors (Lipinski definition) is 1. The maximum Gasteiger partial charge on any atom is 0.126 e. The molecule has 0 radical (unpaired) electrons. The number of aryl methyl sites for hydroxylation is 1. The first-order valence-electron chi connectivity index (χ1n) is 8.09. The topological polar surface area (TPSA) is 32.5 Å². The van der Waals surface area contributed by atoms with E-state index < -0.39 is 0 Å². The molecule has 1 unspecified atom stereocenters. The second-order valence-corrected chi connectivity index (χ2v) is 6.63. The highest BCUT2D eigenvalue weighted by Gasteiger charge is 2.29. The van der Waals surface area contributed by atoms with Gasteiger partial charge >= 0.3 is 0 Å². The maximum absolute atomic E-state index is 13.3. The molecule has 21 heavy (non-hydrogen) atoms. The average Bonchev–Trinajstić information content (AvgIpc) is 2.92. The molecular formula is C17H26FN3. The highest BCUT2D eigenvalue weighted by Crippen LogP contribution is 2.22. The minimum atomic E-state index is -0.109. The number of benzene rings is 1. The standard InChI is InChI=1S/C17H26FN3/c1-13-10-14(2-3-17(13)18)11-20-7-6-16(12-20)21-8-4-15(19)5-9-21/h2-3,10,15-16H,4-9,11-12,19H2,1H3. The summed E-state index contributed by atoms with van der Waals surface area (Å²) >= 11 is 0. The Bertz CT molecular complexity index is 483. The SMILES string of the molecule is Cc1cc(CN2CCC(N3CCC(N)CC3)C2)ccc1F. The van der Waals surface area contributed by atoms with Gasteiger partial charge in [0.15, 0.2) is 0 Å². The summed E-state index contributed by atoms with van der Waals surface area (Å²) < 4.78 is 13.3. The molecule has 0 aliphatic carbocycles. The minimum Gasteiger partial charge on any atom is -0.328 e. The number of likely N-dealkylation sites (tertiary alicyclic amines) is 2. The predicted molar refractivity (Wildman–Crippen MR) is 83.6 cm³/mol. The van der Waals surface area contributed by atoms with Crippen LogP contribution in [-0.4, -0.2) is 48.1 Å². The van der Waals surface area contributed by atoms with Crippen molar-refractivity contribution in [3.63, 3.8) is 0 Å². The molecule has 1 aromatic carbocycles. The highest BCUT2D eigenvalue weighted by molar-refractivity contribution is 5.24. The van der Waals surface area contributed by atoms with Crippen LogP contribution < -0.4 is 5.73 Å². The summed E-state index contributed by atoms with van der Waals surface area (Å²) in [6, 6.07) is 6.56. The zero-order chi connectivity index (χ0) is 14.8. The van der Waals surface area contributed by atoms with Crippen LogP contribution in [0.15, 0.2) is 18.2 Å². The van der Waals surface area contributed by atoms with Crippen LogP contribution in [0.5, 0.6) is 0 Å². The van der Waals surface area contributed by atoms with Crippen LogP contribution in [0.25, 0.3) is 0 Å². The molecule has 0 bridgehead atoms. The summed E-state index contributed by atoms with van der Waals surface area (Å²) in [6.07, 6.45) is 3.51. The van der Waals surface area contributed by atoms with Gasteiger partial charge in [0, 0.05) is 31.7 Å². The van der Waals surface area contributed by atoms with E-state index in [0.717, 1.165) is 51.1 Å². The molecule has 0 spiro atoms. The first-order chi connectivity index (χ1) is 10.1. The number of nitrogens with zero attached hydrogens (tertiary/aromatic N) is 2. The van der Waals surface area contributed by atoms with Gasteiger partial charge in [0.05, 0.1) is 0 Å². The number of rotatable bonds is 3. The third kappa shape index (κ3) is 3.62. The predicted octanol–water partition coefficient (Wildman–Crippen LogP) is 2.13. The van der Waals surface area contributed by atoms with E-state index >= 15 is 0 Å². The molecule has 3 nitrogen and oxygen atoms in total. The summed E-state index contributed by atoms with van der Waals surface area (Å²) in [5, 5.41) is 0. The van der Waals surface area contributed by atoms with Crippen LogP contribution in [0.1, 0.15) is 30.4 Å². The molecule has 2 N–H and O–H groups in total. The van der Waals surface area contributed by atoms with E-state index in [1.165, 1.54) is 12.0 Å². The van der Waals surface area contributed by atoms with E-state index in [4.69, 9.17) is 5.73 Å². The largest absolute Gasteiger partial charge is 0.328 e. The van der Waals surface area contributed by atoms with Crippen LogP contribution in [-0.2, 0) is 6.54 Å². The third-order valence-electron chi connectivity index (χ3n) is 4.97. The fourth-order valence-electron chi connectivity index (χ4n) is 3.60. The van der Waals surface area contributed by atoms with Gasteiger partial charge in [-0.05, 0) is 56.5 Å². The van der Waals surface area contributed by atoms with Crippen molar-refractivity contribution in [2.45, 2.75) is 44.8 Å². The van der Waals surface area contributed by atoms with E-state index in [2.05, 4.69) is 9.80 Å². The zero-order valence-electron chi connectivity index (χ0n) is 12.9. The van der Waals surface area contributed by atoms with Gasteiger partial charge in [-0.25, -0.2) is 4.39 Å². The third-order valence-corrected chi connectivity index (χ3v) is 4.97. The van der Waals surface area contributed by atoms with E-state index in [1.54, 1.807) is 6.07 Å². The normalized spacial score (nSPS) is 25.6. The Labute approximate surface area is 126 Å². The molecule has 2 aliphatic rings. The Hall–Kier alpha value is -0.970. The number of halogens is 1. The van der Waals surface area contributed by atoms with Crippen LogP contribution >= 0.6 is 0 Å². The van der Waals surface area contributed by atoms with Gasteiger partial charge in [-0.15, -0.1) is 0 Å². The summed E-state index contributed by atoms with van der Waals surface area (Å²) in [5.41, 5.74) is 7.95. The number of piperidine rings is 1. The summed E-state index contributed by atoms with van der Waals surface area (Å²) in [6.45, 7) is 7.34. The fraction of sp³-hybridized carbons (Fsp3) is 0.647. The van der Waals surface area contributed by atoms with Gasteiger partial charge in [0.2, 0.25) is 0 Å². The van der Waals surface area contributed by atoms with Gasteiger partial charge in [-0.1, -0.05) is 12.1 Å². The Kier molecular flexibility index (Phi) is 4.57. The molecular weight excluding hydrogens is 265 g/mol. The second-order valence-electron chi connectivity index (χ2n) is 6.63. The van der Waals surface area contributed by atoms with Gasteiger partial charge < -0.3 is 5.73 Å². The monoisotopic (exact) mass is 291 g/mol. The Morgan fingerprint density at radius 1 is 1.19 bits per heavy atom. The van der Waals surface area contributed by atoms with Gasteiger partial charge in [-0.3, -0.25) is 9.80 Å². The highest BCUT2D eigenvalue weighted by atomic mass is 19.1. The van der Waals surface area contributed by atoms with Crippen molar-refractivity contribution in [2.24, 2.45) is 5.73 Å². The van der Waals surface area contributed by atoms with Crippen LogP contribution in [0.4, 0.5) is 4.39 Å². The van der Waals surface area contributed by atoms with Crippen molar-refractivity contribution in [2.75, 3.05) is 26.2 Å². The average molecular weight is 291 g/mol. The Morgan fingerprint density at radius 2 is 1.95 bits per heavy atom. The molecule has 0 saturated carbocycles. The first kappa shape index (κ1) is 14.9. The van der Waals surface area contributed by atoms with Crippen molar-refractivity contribution in [3.8, 4) is 0 Å². The van der Waals surface area contributed by atoms with E-state index in [9.17, 15) is 4.39 Å². The molecule has 0 aromatic heterocycles. The molecule has 0 amide bonds. The lowest BCUT2D eigenvalue weighted by atomic mass is 10.0.